The number of para-hydroxylation sites is 1. The summed E-state index contributed by atoms with van der Waals surface area (Å²) >= 11 is 0. The van der Waals surface area contributed by atoms with Crippen LogP contribution >= 0.6 is 0 Å². The van der Waals surface area contributed by atoms with Crippen molar-refractivity contribution in [2.45, 2.75) is 0 Å². The lowest BCUT2D eigenvalue weighted by atomic mass is 10.1. The predicted octanol–water partition coefficient (Wildman–Crippen LogP) is 2.18. The molecular formula is C18H15N2O3+. The van der Waals surface area contributed by atoms with E-state index in [2.05, 4.69) is 0 Å². The average Bonchev–Trinajstić information content (AvgIpc) is 3.04. The maximum atomic E-state index is 12.8. The molecule has 0 saturated carbocycles. The molecule has 5 heteroatoms. The SMILES string of the molecule is COc1cc2c[n+](-c3ccccc3)c(=O)n3ccc(c1OC)c23. The maximum Gasteiger partial charge on any atom is 0.508 e. The number of methoxy groups -OCH3 is 2. The summed E-state index contributed by atoms with van der Waals surface area (Å²) < 4.78 is 14.2. The van der Waals surface area contributed by atoms with Crippen LogP contribution in [0.1, 0.15) is 0 Å². The molecule has 0 fully saturated rings. The number of nitrogens with zero attached hydrogens (tertiary/aromatic N) is 2. The van der Waals surface area contributed by atoms with Crippen LogP contribution in [-0.4, -0.2) is 18.6 Å². The third-order valence-electron chi connectivity index (χ3n) is 4.05. The summed E-state index contributed by atoms with van der Waals surface area (Å²) in [6, 6.07) is 13.3. The molecule has 0 saturated heterocycles. The Balaban J connectivity index is 2.15. The minimum atomic E-state index is -0.120. The zero-order valence-electron chi connectivity index (χ0n) is 12.8. The topological polar surface area (TPSA) is 43.8 Å². The summed E-state index contributed by atoms with van der Waals surface area (Å²) in [6.07, 6.45) is 3.60. The number of rotatable bonds is 3. The number of aromatic nitrogens is 2. The highest BCUT2D eigenvalue weighted by Gasteiger charge is 2.23. The third kappa shape index (κ3) is 1.86. The second-order valence-corrected chi connectivity index (χ2v) is 5.27. The number of hydrogen-bond donors (Lipinski definition) is 0. The van der Waals surface area contributed by atoms with Crippen molar-refractivity contribution in [1.29, 1.82) is 0 Å². The molecule has 0 unspecified atom stereocenters. The molecule has 4 aromatic rings. The molecule has 2 heterocycles. The van der Waals surface area contributed by atoms with Gasteiger partial charge in [0.2, 0.25) is 0 Å². The lowest BCUT2D eigenvalue weighted by Crippen LogP contribution is -2.50. The second kappa shape index (κ2) is 4.98. The van der Waals surface area contributed by atoms with Gasteiger partial charge in [0.15, 0.2) is 17.0 Å². The fraction of sp³-hybridized carbons (Fsp3) is 0.111. The summed E-state index contributed by atoms with van der Waals surface area (Å²) in [4.78, 5) is 12.8. The first-order chi connectivity index (χ1) is 11.2. The molecule has 0 atom stereocenters. The van der Waals surface area contributed by atoms with Crippen LogP contribution < -0.4 is 19.7 Å². The van der Waals surface area contributed by atoms with Gasteiger partial charge in [-0.1, -0.05) is 18.2 Å². The van der Waals surface area contributed by atoms with Gasteiger partial charge in [-0.15, -0.1) is 0 Å². The van der Waals surface area contributed by atoms with Crippen molar-refractivity contribution < 1.29 is 14.0 Å². The molecule has 0 N–H and O–H groups in total. The van der Waals surface area contributed by atoms with Crippen molar-refractivity contribution in [1.82, 2.24) is 4.40 Å². The molecule has 5 nitrogen and oxygen atoms in total. The van der Waals surface area contributed by atoms with Crippen LogP contribution in [0, 0.1) is 0 Å². The van der Waals surface area contributed by atoms with Gasteiger partial charge in [0.1, 0.15) is 18.1 Å². The minimum Gasteiger partial charge on any atom is -0.493 e. The van der Waals surface area contributed by atoms with Gasteiger partial charge in [0, 0.05) is 0 Å². The van der Waals surface area contributed by atoms with Gasteiger partial charge in [0.25, 0.3) is 0 Å². The van der Waals surface area contributed by atoms with Crippen molar-refractivity contribution in [3.8, 4) is 17.2 Å². The van der Waals surface area contributed by atoms with Crippen LogP contribution in [0.3, 0.4) is 0 Å². The fourth-order valence-corrected chi connectivity index (χ4v) is 3.02. The van der Waals surface area contributed by atoms with E-state index in [0.717, 1.165) is 22.0 Å². The van der Waals surface area contributed by atoms with E-state index in [9.17, 15) is 4.79 Å². The highest BCUT2D eigenvalue weighted by molar-refractivity contribution is 6.01. The summed E-state index contributed by atoms with van der Waals surface area (Å²) in [5.41, 5.74) is 1.53. The van der Waals surface area contributed by atoms with Gasteiger partial charge in [-0.05, 0) is 24.3 Å². The van der Waals surface area contributed by atoms with Gasteiger partial charge in [0.05, 0.1) is 25.0 Å². The fourth-order valence-electron chi connectivity index (χ4n) is 3.02. The van der Waals surface area contributed by atoms with Crippen LogP contribution in [0.5, 0.6) is 11.5 Å². The summed E-state index contributed by atoms with van der Waals surface area (Å²) in [7, 11) is 3.21. The van der Waals surface area contributed by atoms with E-state index >= 15 is 0 Å². The Morgan fingerprint density at radius 3 is 2.52 bits per heavy atom. The number of ether oxygens (including phenoxy) is 2. The highest BCUT2D eigenvalue weighted by Crippen LogP contribution is 2.38. The molecule has 0 bridgehead atoms. The lowest BCUT2D eigenvalue weighted by Gasteiger charge is -2.09. The van der Waals surface area contributed by atoms with Gasteiger partial charge in [-0.25, -0.2) is 0 Å². The van der Waals surface area contributed by atoms with Crippen LogP contribution in [-0.2, 0) is 0 Å². The van der Waals surface area contributed by atoms with Gasteiger partial charge in [-0.3, -0.25) is 0 Å². The zero-order chi connectivity index (χ0) is 16.0. The van der Waals surface area contributed by atoms with E-state index in [1.807, 2.05) is 48.7 Å². The molecular weight excluding hydrogens is 292 g/mol. The lowest BCUT2D eigenvalue weighted by molar-refractivity contribution is -0.614. The van der Waals surface area contributed by atoms with E-state index in [1.165, 1.54) is 0 Å². The predicted molar refractivity (Wildman–Crippen MR) is 87.0 cm³/mol. The second-order valence-electron chi connectivity index (χ2n) is 5.27. The van der Waals surface area contributed by atoms with E-state index in [0.29, 0.717) is 11.5 Å². The molecule has 2 aromatic heterocycles. The molecule has 0 aliphatic carbocycles. The molecule has 0 spiro atoms. The normalized spacial score (nSPS) is 11.2. The molecule has 114 valence electrons. The van der Waals surface area contributed by atoms with Crippen molar-refractivity contribution in [3.63, 3.8) is 0 Å². The molecule has 0 aliphatic rings. The van der Waals surface area contributed by atoms with E-state index in [1.54, 1.807) is 29.4 Å². The first-order valence-corrected chi connectivity index (χ1v) is 7.24. The molecule has 2 aromatic carbocycles. The van der Waals surface area contributed by atoms with Crippen LogP contribution in [0.25, 0.3) is 22.0 Å². The van der Waals surface area contributed by atoms with E-state index < -0.39 is 0 Å². The van der Waals surface area contributed by atoms with Crippen LogP contribution in [0.2, 0.25) is 0 Å². The third-order valence-corrected chi connectivity index (χ3v) is 4.05. The summed E-state index contributed by atoms with van der Waals surface area (Å²) in [5.74, 6) is 1.28. The minimum absolute atomic E-state index is 0.120. The Labute approximate surface area is 132 Å². The Bertz CT molecular complexity index is 1050. The highest BCUT2D eigenvalue weighted by atomic mass is 16.5. The molecule has 23 heavy (non-hydrogen) atoms. The molecule has 0 aliphatic heterocycles. The first kappa shape index (κ1) is 13.6. The van der Waals surface area contributed by atoms with Crippen LogP contribution in [0.4, 0.5) is 0 Å². The molecule has 0 amide bonds. The Morgan fingerprint density at radius 2 is 1.83 bits per heavy atom. The number of hydrogen-bond acceptors (Lipinski definition) is 3. The van der Waals surface area contributed by atoms with Crippen LogP contribution in [0.15, 0.2) is 59.7 Å². The van der Waals surface area contributed by atoms with E-state index in [4.69, 9.17) is 9.47 Å². The van der Waals surface area contributed by atoms with Gasteiger partial charge >= 0.3 is 5.69 Å². The average molecular weight is 307 g/mol. The summed E-state index contributed by atoms with van der Waals surface area (Å²) in [5, 5.41) is 1.77. The Kier molecular flexibility index (Phi) is 2.94. The van der Waals surface area contributed by atoms with Crippen molar-refractivity contribution in [3.05, 3.63) is 65.3 Å². The molecule has 4 rings (SSSR count). The summed E-state index contributed by atoms with van der Waals surface area (Å²) in [6.45, 7) is 0. The smallest absolute Gasteiger partial charge is 0.493 e. The monoisotopic (exact) mass is 307 g/mol. The standard InChI is InChI=1S/C18H15N2O3/c1-22-15-10-12-11-20(13-6-4-3-5-7-13)18(21)19-9-8-14(16(12)19)17(15)23-2/h3-11H,1-2H3/q+1. The van der Waals surface area contributed by atoms with Gasteiger partial charge in [-0.2, -0.15) is 13.8 Å². The first-order valence-electron chi connectivity index (χ1n) is 7.24. The quantitative estimate of drug-likeness (QED) is 0.545. The number of benzene rings is 2. The van der Waals surface area contributed by atoms with Gasteiger partial charge < -0.3 is 9.47 Å². The van der Waals surface area contributed by atoms with Crippen molar-refractivity contribution in [2.75, 3.05) is 14.2 Å². The zero-order valence-corrected chi connectivity index (χ0v) is 12.8. The van der Waals surface area contributed by atoms with Crippen molar-refractivity contribution >= 4 is 16.3 Å². The largest absolute Gasteiger partial charge is 0.508 e. The Morgan fingerprint density at radius 1 is 1.04 bits per heavy atom. The van der Waals surface area contributed by atoms with E-state index in [-0.39, 0.29) is 5.69 Å². The molecule has 0 radical (unpaired) electrons. The maximum absolute atomic E-state index is 12.8. The van der Waals surface area contributed by atoms with Crippen molar-refractivity contribution in [2.24, 2.45) is 0 Å². The Hall–Kier alpha value is -3.08.